The number of carbonyl (C=O) groups excluding carboxylic acids is 4. The number of aliphatic hydroxyl groups excluding tert-OH is 2. The highest BCUT2D eigenvalue weighted by atomic mass is 35.5. The lowest BCUT2D eigenvalue weighted by molar-refractivity contribution is -0.140. The van der Waals surface area contributed by atoms with E-state index in [9.17, 15) is 29.4 Å². The molecule has 0 aliphatic carbocycles. The van der Waals surface area contributed by atoms with Crippen LogP contribution in [-0.2, 0) is 28.5 Å². The number of benzene rings is 1. The molecule has 1 aromatic rings. The molecule has 2 atom stereocenters. The normalized spacial score (nSPS) is 13.3. The van der Waals surface area contributed by atoms with Gasteiger partial charge in [-0.25, -0.2) is 19.2 Å². The minimum absolute atomic E-state index is 0.0385. The van der Waals surface area contributed by atoms with E-state index in [4.69, 9.17) is 42.1 Å². The maximum Gasteiger partial charge on any atom is 0.339 e. The standard InChI is InChI=1S/C26H32Cl2O10/c1-17(7-9-19(29)15-27)23(31)35-11-13-37-25(33)21-5-3-4-6-22(21)26(34)38-14-12-36-24(32)18(2)8-10-20(30)16-28/h3-8,19-20,29-30H,9-16H2,1-2H3. The lowest BCUT2D eigenvalue weighted by Crippen LogP contribution is -2.19. The minimum Gasteiger partial charge on any atom is -0.459 e. The van der Waals surface area contributed by atoms with E-state index in [0.717, 1.165) is 0 Å². The number of hydrogen-bond acceptors (Lipinski definition) is 10. The molecule has 0 aliphatic heterocycles. The molecule has 1 aromatic carbocycles. The number of rotatable bonds is 16. The molecular weight excluding hydrogens is 543 g/mol. The Balaban J connectivity index is 2.51. The van der Waals surface area contributed by atoms with Crippen molar-refractivity contribution in [1.29, 1.82) is 0 Å². The SMILES string of the molecule is CC(=CCC(O)CCl)C(=O)OCCOC(=O)c1ccccc1C(=O)OCCOC(=O)C(C)=CCC(O)CCl. The third kappa shape index (κ3) is 12.6. The summed E-state index contributed by atoms with van der Waals surface area (Å²) in [4.78, 5) is 48.8. The zero-order valence-corrected chi connectivity index (χ0v) is 22.7. The topological polar surface area (TPSA) is 146 Å². The van der Waals surface area contributed by atoms with Crippen LogP contribution in [0.15, 0.2) is 47.6 Å². The van der Waals surface area contributed by atoms with Crippen LogP contribution in [0.2, 0.25) is 0 Å². The molecule has 0 aliphatic rings. The van der Waals surface area contributed by atoms with E-state index in [0.29, 0.717) is 0 Å². The molecule has 0 bridgehead atoms. The molecule has 0 spiro atoms. The fourth-order valence-electron chi connectivity index (χ4n) is 2.68. The van der Waals surface area contributed by atoms with E-state index in [1.807, 2.05) is 0 Å². The van der Waals surface area contributed by atoms with Crippen molar-refractivity contribution < 1.29 is 48.3 Å². The first kappa shape index (κ1) is 33.1. The van der Waals surface area contributed by atoms with Crippen molar-refractivity contribution in [3.63, 3.8) is 0 Å². The number of hydrogen-bond donors (Lipinski definition) is 2. The molecule has 0 saturated carbocycles. The van der Waals surface area contributed by atoms with E-state index in [1.54, 1.807) is 0 Å². The van der Waals surface area contributed by atoms with Gasteiger partial charge in [-0.2, -0.15) is 0 Å². The van der Waals surface area contributed by atoms with Crippen molar-refractivity contribution in [2.75, 3.05) is 38.2 Å². The first-order valence-corrected chi connectivity index (χ1v) is 12.8. The van der Waals surface area contributed by atoms with Crippen LogP contribution >= 0.6 is 23.2 Å². The van der Waals surface area contributed by atoms with Crippen LogP contribution in [0.5, 0.6) is 0 Å². The monoisotopic (exact) mass is 574 g/mol. The number of esters is 4. The quantitative estimate of drug-likeness (QED) is 0.0992. The summed E-state index contributed by atoms with van der Waals surface area (Å²) in [6.45, 7) is 2.09. The van der Waals surface area contributed by atoms with Gasteiger partial charge >= 0.3 is 23.9 Å². The van der Waals surface area contributed by atoms with Crippen molar-refractivity contribution in [3.05, 3.63) is 58.7 Å². The van der Waals surface area contributed by atoms with Gasteiger partial charge in [0, 0.05) is 22.9 Å². The molecule has 0 fully saturated rings. The Morgan fingerprint density at radius 1 is 0.711 bits per heavy atom. The Hall–Kier alpha value is -2.92. The lowest BCUT2D eigenvalue weighted by atomic mass is 10.1. The van der Waals surface area contributed by atoms with Crippen LogP contribution in [0, 0.1) is 0 Å². The Bertz CT molecular complexity index is 926. The van der Waals surface area contributed by atoms with E-state index >= 15 is 0 Å². The summed E-state index contributed by atoms with van der Waals surface area (Å²) in [6, 6.07) is 5.83. The van der Waals surface area contributed by atoms with E-state index in [2.05, 4.69) is 0 Å². The third-order valence-corrected chi connectivity index (χ3v) is 5.57. The Kier molecular flexibility index (Phi) is 16.0. The molecule has 0 heterocycles. The summed E-state index contributed by atoms with van der Waals surface area (Å²) < 4.78 is 20.2. The first-order chi connectivity index (χ1) is 18.1. The largest absolute Gasteiger partial charge is 0.459 e. The summed E-state index contributed by atoms with van der Waals surface area (Å²) >= 11 is 11.0. The van der Waals surface area contributed by atoms with Crippen LogP contribution in [0.4, 0.5) is 0 Å². The van der Waals surface area contributed by atoms with Gasteiger partial charge in [0.2, 0.25) is 0 Å². The van der Waals surface area contributed by atoms with Crippen molar-refractivity contribution in [1.82, 2.24) is 0 Å². The highest BCUT2D eigenvalue weighted by molar-refractivity contribution is 6.18. The fraction of sp³-hybridized carbons (Fsp3) is 0.462. The average Bonchev–Trinajstić information content (AvgIpc) is 2.93. The van der Waals surface area contributed by atoms with Gasteiger partial charge in [0.1, 0.15) is 26.4 Å². The smallest absolute Gasteiger partial charge is 0.339 e. The zero-order valence-electron chi connectivity index (χ0n) is 21.2. The molecule has 0 amide bonds. The van der Waals surface area contributed by atoms with Crippen molar-refractivity contribution in [3.8, 4) is 0 Å². The molecule has 210 valence electrons. The van der Waals surface area contributed by atoms with Gasteiger partial charge in [0.05, 0.1) is 23.3 Å². The summed E-state index contributed by atoms with van der Waals surface area (Å²) in [7, 11) is 0. The van der Waals surface area contributed by atoms with Gasteiger partial charge < -0.3 is 29.2 Å². The third-order valence-electron chi connectivity index (χ3n) is 4.86. The fourth-order valence-corrected chi connectivity index (χ4v) is 2.93. The second-order valence-electron chi connectivity index (χ2n) is 7.95. The summed E-state index contributed by atoms with van der Waals surface area (Å²) in [5, 5.41) is 18.8. The highest BCUT2D eigenvalue weighted by Gasteiger charge is 2.19. The van der Waals surface area contributed by atoms with Crippen molar-refractivity contribution >= 4 is 47.1 Å². The second kappa shape index (κ2) is 18.4. The van der Waals surface area contributed by atoms with Gasteiger partial charge in [0.25, 0.3) is 0 Å². The van der Waals surface area contributed by atoms with Gasteiger partial charge in [-0.05, 0) is 38.8 Å². The predicted molar refractivity (Wildman–Crippen MR) is 139 cm³/mol. The zero-order chi connectivity index (χ0) is 28.5. The molecule has 0 saturated heterocycles. The molecule has 2 N–H and O–H groups in total. The molecular formula is C26H32Cl2O10. The molecule has 10 nitrogen and oxygen atoms in total. The summed E-state index contributed by atoms with van der Waals surface area (Å²) in [5.41, 5.74) is 0.443. The van der Waals surface area contributed by atoms with Gasteiger partial charge in [-0.1, -0.05) is 24.3 Å². The minimum atomic E-state index is -0.822. The molecule has 0 radical (unpaired) electrons. The summed E-state index contributed by atoms with van der Waals surface area (Å²) in [5.74, 6) is -2.83. The van der Waals surface area contributed by atoms with E-state index < -0.39 is 36.1 Å². The second-order valence-corrected chi connectivity index (χ2v) is 8.57. The van der Waals surface area contributed by atoms with Crippen LogP contribution in [0.3, 0.4) is 0 Å². The van der Waals surface area contributed by atoms with E-state index in [1.165, 1.54) is 50.3 Å². The van der Waals surface area contributed by atoms with E-state index in [-0.39, 0.29) is 73.3 Å². The van der Waals surface area contributed by atoms with Crippen LogP contribution in [0.25, 0.3) is 0 Å². The highest BCUT2D eigenvalue weighted by Crippen LogP contribution is 2.12. The van der Waals surface area contributed by atoms with Gasteiger partial charge in [0.15, 0.2) is 0 Å². The molecule has 38 heavy (non-hydrogen) atoms. The predicted octanol–water partition coefficient (Wildman–Crippen LogP) is 2.96. The number of alkyl halides is 2. The maximum atomic E-state index is 12.5. The number of aliphatic hydroxyl groups is 2. The van der Waals surface area contributed by atoms with Crippen LogP contribution in [0.1, 0.15) is 47.4 Å². The number of ether oxygens (including phenoxy) is 4. The Morgan fingerprint density at radius 3 is 1.39 bits per heavy atom. The first-order valence-electron chi connectivity index (χ1n) is 11.7. The van der Waals surface area contributed by atoms with Crippen LogP contribution < -0.4 is 0 Å². The number of halogens is 2. The lowest BCUT2D eigenvalue weighted by Gasteiger charge is -2.11. The summed E-state index contributed by atoms with van der Waals surface area (Å²) in [6.07, 6.45) is 1.86. The van der Waals surface area contributed by atoms with Gasteiger partial charge in [-0.3, -0.25) is 0 Å². The van der Waals surface area contributed by atoms with Gasteiger partial charge in [-0.15, -0.1) is 23.2 Å². The molecule has 12 heteroatoms. The molecule has 0 aromatic heterocycles. The average molecular weight is 575 g/mol. The van der Waals surface area contributed by atoms with Crippen molar-refractivity contribution in [2.24, 2.45) is 0 Å². The maximum absolute atomic E-state index is 12.5. The molecule has 1 rings (SSSR count). The van der Waals surface area contributed by atoms with Crippen molar-refractivity contribution in [2.45, 2.75) is 38.9 Å². The Morgan fingerprint density at radius 2 is 1.05 bits per heavy atom. The number of carbonyl (C=O) groups is 4. The molecule has 2 unspecified atom stereocenters. The Labute approximate surface area is 231 Å². The van der Waals surface area contributed by atoms with Crippen LogP contribution in [-0.4, -0.2) is 84.5 Å².